The average molecular weight is 376 g/mol. The second-order valence-electron chi connectivity index (χ2n) is 6.71. The van der Waals surface area contributed by atoms with Gasteiger partial charge in [0.15, 0.2) is 0 Å². The van der Waals surface area contributed by atoms with E-state index >= 15 is 0 Å². The number of carboxylic acid groups (broad SMARTS) is 1. The van der Waals surface area contributed by atoms with Crippen molar-refractivity contribution in [1.82, 2.24) is 10.2 Å². The molecule has 0 bridgehead atoms. The summed E-state index contributed by atoms with van der Waals surface area (Å²) >= 11 is 0. The number of carboxylic acids is 1. The molecule has 1 aliphatic rings. The summed E-state index contributed by atoms with van der Waals surface area (Å²) < 4.78 is 5.18. The minimum atomic E-state index is -0.959. The second kappa shape index (κ2) is 10.1. The van der Waals surface area contributed by atoms with Gasteiger partial charge in [-0.25, -0.2) is 4.79 Å². The number of aliphatic carboxylic acids is 1. The molecule has 27 heavy (non-hydrogen) atoms. The van der Waals surface area contributed by atoms with Gasteiger partial charge in [-0.15, -0.1) is 0 Å². The fourth-order valence-electron chi connectivity index (χ4n) is 3.42. The molecule has 0 aromatic heterocycles. The largest absolute Gasteiger partial charge is 0.480 e. The van der Waals surface area contributed by atoms with Gasteiger partial charge in [0.1, 0.15) is 6.04 Å². The standard InChI is InChI=1S/C20H28N2O5/c1-3-27-20(26)16(15-8-5-4-6-9-15)11-12-21-14(2)18(23)22-13-7-10-17(22)19(24)25/h4-6,8-9,14,16-17,21H,3,7,10-13H2,1-2H3,(H,24,25)/t14-,16?,17-/m0/s1. The zero-order valence-electron chi connectivity index (χ0n) is 15.9. The molecule has 7 nitrogen and oxygen atoms in total. The molecule has 0 aliphatic carbocycles. The normalized spacial score (nSPS) is 18.7. The van der Waals surface area contributed by atoms with E-state index in [-0.39, 0.29) is 11.9 Å². The average Bonchev–Trinajstić information content (AvgIpc) is 3.15. The van der Waals surface area contributed by atoms with Crippen molar-refractivity contribution < 1.29 is 24.2 Å². The summed E-state index contributed by atoms with van der Waals surface area (Å²) in [7, 11) is 0. The maximum Gasteiger partial charge on any atom is 0.326 e. The molecule has 7 heteroatoms. The van der Waals surface area contributed by atoms with Gasteiger partial charge in [0, 0.05) is 6.54 Å². The molecule has 1 aromatic carbocycles. The van der Waals surface area contributed by atoms with Gasteiger partial charge in [-0.1, -0.05) is 30.3 Å². The van der Waals surface area contributed by atoms with Gasteiger partial charge in [-0.2, -0.15) is 0 Å². The minimum absolute atomic E-state index is 0.215. The third-order valence-corrected chi connectivity index (χ3v) is 4.85. The maximum absolute atomic E-state index is 12.6. The van der Waals surface area contributed by atoms with Gasteiger partial charge in [0.05, 0.1) is 18.6 Å². The third-order valence-electron chi connectivity index (χ3n) is 4.85. The summed E-state index contributed by atoms with van der Waals surface area (Å²) in [4.78, 5) is 37.5. The van der Waals surface area contributed by atoms with Crippen molar-refractivity contribution in [3.05, 3.63) is 35.9 Å². The van der Waals surface area contributed by atoms with Crippen LogP contribution in [0.2, 0.25) is 0 Å². The van der Waals surface area contributed by atoms with E-state index < -0.39 is 24.0 Å². The maximum atomic E-state index is 12.6. The molecule has 3 atom stereocenters. The third kappa shape index (κ3) is 5.53. The van der Waals surface area contributed by atoms with Gasteiger partial charge in [-0.3, -0.25) is 9.59 Å². The van der Waals surface area contributed by atoms with Crippen LogP contribution in [0.1, 0.15) is 44.6 Å². The molecule has 1 saturated heterocycles. The Bertz CT molecular complexity index is 649. The Morgan fingerprint density at radius 3 is 2.63 bits per heavy atom. The second-order valence-corrected chi connectivity index (χ2v) is 6.71. The van der Waals surface area contributed by atoms with E-state index in [0.29, 0.717) is 39.0 Å². The number of hydrogen-bond acceptors (Lipinski definition) is 5. The van der Waals surface area contributed by atoms with Crippen LogP contribution in [0.15, 0.2) is 30.3 Å². The lowest BCUT2D eigenvalue weighted by atomic mass is 9.95. The molecule has 1 amide bonds. The zero-order valence-corrected chi connectivity index (χ0v) is 15.9. The summed E-state index contributed by atoms with van der Waals surface area (Å²) in [6.07, 6.45) is 1.68. The van der Waals surface area contributed by atoms with Crippen LogP contribution >= 0.6 is 0 Å². The van der Waals surface area contributed by atoms with Crippen molar-refractivity contribution in [3.8, 4) is 0 Å². The predicted octanol–water partition coefficient (Wildman–Crippen LogP) is 1.78. The van der Waals surface area contributed by atoms with Gasteiger partial charge in [0.25, 0.3) is 0 Å². The number of carbonyl (C=O) groups excluding carboxylic acids is 2. The van der Waals surface area contributed by atoms with Crippen molar-refractivity contribution in [2.24, 2.45) is 0 Å². The van der Waals surface area contributed by atoms with Gasteiger partial charge < -0.3 is 20.1 Å². The van der Waals surface area contributed by atoms with E-state index in [4.69, 9.17) is 4.74 Å². The Balaban J connectivity index is 1.92. The number of amides is 1. The number of hydrogen-bond donors (Lipinski definition) is 2. The van der Waals surface area contributed by atoms with Crippen molar-refractivity contribution in [1.29, 1.82) is 0 Å². The summed E-state index contributed by atoms with van der Waals surface area (Å²) in [6, 6.07) is 8.16. The first-order chi connectivity index (χ1) is 13.0. The van der Waals surface area contributed by atoms with Crippen LogP contribution in [0.3, 0.4) is 0 Å². The first-order valence-electron chi connectivity index (χ1n) is 9.44. The molecular formula is C20H28N2O5. The van der Waals surface area contributed by atoms with Crippen molar-refractivity contribution in [2.45, 2.75) is 51.1 Å². The van der Waals surface area contributed by atoms with E-state index in [1.165, 1.54) is 4.90 Å². The van der Waals surface area contributed by atoms with E-state index in [0.717, 1.165) is 5.56 Å². The number of nitrogens with zero attached hydrogens (tertiary/aromatic N) is 1. The Morgan fingerprint density at radius 1 is 1.30 bits per heavy atom. The van der Waals surface area contributed by atoms with Crippen molar-refractivity contribution in [3.63, 3.8) is 0 Å². The number of ether oxygens (including phenoxy) is 1. The Labute approximate surface area is 159 Å². The number of likely N-dealkylation sites (tertiary alicyclic amines) is 1. The quantitative estimate of drug-likeness (QED) is 0.638. The number of nitrogens with one attached hydrogen (secondary N) is 1. The van der Waals surface area contributed by atoms with Crippen LogP contribution in [0.4, 0.5) is 0 Å². The highest BCUT2D eigenvalue weighted by Gasteiger charge is 2.35. The molecule has 2 N–H and O–H groups in total. The molecule has 0 spiro atoms. The van der Waals surface area contributed by atoms with Crippen LogP contribution < -0.4 is 5.32 Å². The Kier molecular flexibility index (Phi) is 7.79. The van der Waals surface area contributed by atoms with Crippen LogP contribution in [0, 0.1) is 0 Å². The number of benzene rings is 1. The van der Waals surface area contributed by atoms with Gasteiger partial charge >= 0.3 is 11.9 Å². The number of esters is 1. The van der Waals surface area contributed by atoms with Gasteiger partial charge in [0.2, 0.25) is 5.91 Å². The molecule has 1 aromatic rings. The fraction of sp³-hybridized carbons (Fsp3) is 0.550. The highest BCUT2D eigenvalue weighted by atomic mass is 16.5. The minimum Gasteiger partial charge on any atom is -0.480 e. The number of rotatable bonds is 9. The van der Waals surface area contributed by atoms with Crippen LogP contribution in [0.5, 0.6) is 0 Å². The van der Waals surface area contributed by atoms with Crippen molar-refractivity contribution in [2.75, 3.05) is 19.7 Å². The molecule has 2 rings (SSSR count). The lowest BCUT2D eigenvalue weighted by Crippen LogP contribution is -2.49. The molecule has 0 radical (unpaired) electrons. The van der Waals surface area contributed by atoms with E-state index in [1.807, 2.05) is 30.3 Å². The lowest BCUT2D eigenvalue weighted by Gasteiger charge is -2.26. The van der Waals surface area contributed by atoms with E-state index in [2.05, 4.69) is 5.32 Å². The molecule has 1 fully saturated rings. The summed E-state index contributed by atoms with van der Waals surface area (Å²) in [6.45, 7) is 4.72. The molecular weight excluding hydrogens is 348 g/mol. The smallest absolute Gasteiger partial charge is 0.326 e. The highest BCUT2D eigenvalue weighted by molar-refractivity contribution is 5.87. The predicted molar refractivity (Wildman–Crippen MR) is 100 cm³/mol. The van der Waals surface area contributed by atoms with E-state index in [9.17, 15) is 19.5 Å². The number of carbonyl (C=O) groups is 3. The Hall–Kier alpha value is -2.41. The summed E-state index contributed by atoms with van der Waals surface area (Å²) in [5, 5.41) is 12.4. The molecule has 1 heterocycles. The molecule has 148 valence electrons. The summed E-state index contributed by atoms with van der Waals surface area (Å²) in [5.41, 5.74) is 0.877. The first kappa shape index (κ1) is 20.9. The monoisotopic (exact) mass is 376 g/mol. The van der Waals surface area contributed by atoms with E-state index in [1.54, 1.807) is 13.8 Å². The van der Waals surface area contributed by atoms with Crippen LogP contribution in [-0.4, -0.2) is 59.6 Å². The summed E-state index contributed by atoms with van der Waals surface area (Å²) in [5.74, 6) is -1.86. The molecule has 1 aliphatic heterocycles. The molecule has 1 unspecified atom stereocenters. The Morgan fingerprint density at radius 2 is 2.00 bits per heavy atom. The molecule has 0 saturated carbocycles. The first-order valence-corrected chi connectivity index (χ1v) is 9.44. The van der Waals surface area contributed by atoms with Crippen LogP contribution in [0.25, 0.3) is 0 Å². The SMILES string of the molecule is CCOC(=O)C(CCN[C@@H](C)C(=O)N1CCC[C@H]1C(=O)O)c1ccccc1. The van der Waals surface area contributed by atoms with Crippen LogP contribution in [-0.2, 0) is 19.1 Å². The topological polar surface area (TPSA) is 95.9 Å². The zero-order chi connectivity index (χ0) is 19.8. The fourth-order valence-corrected chi connectivity index (χ4v) is 3.42. The highest BCUT2D eigenvalue weighted by Crippen LogP contribution is 2.21. The van der Waals surface area contributed by atoms with Crippen molar-refractivity contribution >= 4 is 17.8 Å². The lowest BCUT2D eigenvalue weighted by molar-refractivity contribution is -0.149. The van der Waals surface area contributed by atoms with Gasteiger partial charge in [-0.05, 0) is 45.2 Å².